The van der Waals surface area contributed by atoms with Gasteiger partial charge in [0.2, 0.25) is 11.8 Å². The summed E-state index contributed by atoms with van der Waals surface area (Å²) in [6.07, 6.45) is 2.60. The summed E-state index contributed by atoms with van der Waals surface area (Å²) in [6.45, 7) is 4.30. The van der Waals surface area contributed by atoms with Crippen molar-refractivity contribution in [2.24, 2.45) is 11.5 Å². The van der Waals surface area contributed by atoms with Crippen LogP contribution in [0, 0.1) is 0 Å². The molecule has 0 aromatic heterocycles. The van der Waals surface area contributed by atoms with Crippen molar-refractivity contribution in [3.05, 3.63) is 41.7 Å². The molecule has 2 rings (SSSR count). The molecule has 178 valence electrons. The van der Waals surface area contributed by atoms with Gasteiger partial charge in [0.05, 0.1) is 51.3 Å². The molecule has 10 nitrogen and oxygen atoms in total. The van der Waals surface area contributed by atoms with Gasteiger partial charge < -0.3 is 35.7 Å². The predicted octanol–water partition coefficient (Wildman–Crippen LogP) is -0.0162. The number of carbonyl (C=O) groups is 2. The second kappa shape index (κ2) is 15.2. The first-order valence-electron chi connectivity index (χ1n) is 10.8. The molecule has 1 heterocycles. The molecule has 1 aromatic rings. The highest BCUT2D eigenvalue weighted by Gasteiger charge is 2.27. The third kappa shape index (κ3) is 10.1. The van der Waals surface area contributed by atoms with Crippen LogP contribution in [0.15, 0.2) is 36.2 Å². The lowest BCUT2D eigenvalue weighted by molar-refractivity contribution is -0.134. The molecule has 6 N–H and O–H groups in total. The SMILES string of the molecule is NCCOC/C(N)=C/NCCOCCOCCOc1ccc(C2CCC(=O)NC2=O)cc1. The van der Waals surface area contributed by atoms with Gasteiger partial charge in [-0.15, -0.1) is 0 Å². The number of nitrogens with one attached hydrogen (secondary N) is 2. The Bertz CT molecular complexity index is 726. The highest BCUT2D eigenvalue weighted by atomic mass is 16.5. The Morgan fingerprint density at radius 3 is 2.47 bits per heavy atom. The number of piperidine rings is 1. The smallest absolute Gasteiger partial charge is 0.234 e. The number of hydrogen-bond donors (Lipinski definition) is 4. The minimum absolute atomic E-state index is 0.212. The van der Waals surface area contributed by atoms with Crippen LogP contribution < -0.4 is 26.8 Å². The number of imide groups is 1. The van der Waals surface area contributed by atoms with Gasteiger partial charge in [0.25, 0.3) is 0 Å². The maximum absolute atomic E-state index is 11.9. The minimum atomic E-state index is -0.288. The molecule has 2 amide bonds. The fraction of sp³-hybridized carbons (Fsp3) is 0.545. The van der Waals surface area contributed by atoms with Crippen LogP contribution >= 0.6 is 0 Å². The highest BCUT2D eigenvalue weighted by molar-refractivity contribution is 6.00. The van der Waals surface area contributed by atoms with E-state index in [1.54, 1.807) is 6.20 Å². The third-order valence-electron chi connectivity index (χ3n) is 4.60. The summed E-state index contributed by atoms with van der Waals surface area (Å²) >= 11 is 0. The van der Waals surface area contributed by atoms with Gasteiger partial charge >= 0.3 is 0 Å². The molecule has 0 spiro atoms. The molecule has 1 aromatic carbocycles. The Labute approximate surface area is 188 Å². The quantitative estimate of drug-likeness (QED) is 0.201. The number of ether oxygens (including phenoxy) is 4. The zero-order valence-corrected chi connectivity index (χ0v) is 18.3. The van der Waals surface area contributed by atoms with E-state index < -0.39 is 0 Å². The van der Waals surface area contributed by atoms with E-state index in [1.165, 1.54) is 0 Å². The van der Waals surface area contributed by atoms with Gasteiger partial charge in [-0.1, -0.05) is 12.1 Å². The summed E-state index contributed by atoms with van der Waals surface area (Å²) < 4.78 is 21.8. The Morgan fingerprint density at radius 1 is 1.03 bits per heavy atom. The lowest BCUT2D eigenvalue weighted by Gasteiger charge is -2.21. The molecule has 1 aliphatic rings. The first-order chi connectivity index (χ1) is 15.6. The van der Waals surface area contributed by atoms with E-state index in [0.29, 0.717) is 83.6 Å². The van der Waals surface area contributed by atoms with Gasteiger partial charge in [0.1, 0.15) is 12.4 Å². The second-order valence-corrected chi connectivity index (χ2v) is 7.16. The van der Waals surface area contributed by atoms with Gasteiger partial charge in [0, 0.05) is 25.7 Å². The zero-order valence-electron chi connectivity index (χ0n) is 18.3. The van der Waals surface area contributed by atoms with Crippen molar-refractivity contribution in [3.63, 3.8) is 0 Å². The van der Waals surface area contributed by atoms with E-state index >= 15 is 0 Å². The number of benzene rings is 1. The van der Waals surface area contributed by atoms with Gasteiger partial charge in [-0.2, -0.15) is 0 Å². The van der Waals surface area contributed by atoms with Crippen molar-refractivity contribution < 1.29 is 28.5 Å². The summed E-state index contributed by atoms with van der Waals surface area (Å²) in [5.41, 5.74) is 12.6. The molecule has 0 radical (unpaired) electrons. The standard InChI is InChI=1S/C22H34N4O6/c23-7-9-31-16-18(24)15-25-8-10-29-11-12-30-13-14-32-19-3-1-17(2-4-19)20-5-6-21(27)26-22(20)28/h1-4,15,20,25H,5-14,16,23-24H2,(H,26,27,28)/b18-15-. The topological polar surface area (TPSA) is 147 Å². The van der Waals surface area contributed by atoms with Crippen molar-refractivity contribution in [2.45, 2.75) is 18.8 Å². The van der Waals surface area contributed by atoms with Crippen LogP contribution in [0.1, 0.15) is 24.3 Å². The van der Waals surface area contributed by atoms with Crippen LogP contribution in [0.3, 0.4) is 0 Å². The summed E-state index contributed by atoms with van der Waals surface area (Å²) in [6, 6.07) is 7.35. The van der Waals surface area contributed by atoms with Crippen LogP contribution in [-0.2, 0) is 23.8 Å². The van der Waals surface area contributed by atoms with E-state index in [4.69, 9.17) is 30.4 Å². The van der Waals surface area contributed by atoms with Crippen molar-refractivity contribution in [1.82, 2.24) is 10.6 Å². The first kappa shape index (κ1) is 25.6. The van der Waals surface area contributed by atoms with Crippen LogP contribution in [0.4, 0.5) is 0 Å². The molecule has 1 aliphatic heterocycles. The molecule has 1 saturated heterocycles. The summed E-state index contributed by atoms with van der Waals surface area (Å²) in [5, 5.41) is 5.42. The number of hydrogen-bond acceptors (Lipinski definition) is 9. The maximum Gasteiger partial charge on any atom is 0.234 e. The third-order valence-corrected chi connectivity index (χ3v) is 4.60. The van der Waals surface area contributed by atoms with E-state index in [0.717, 1.165) is 5.56 Å². The van der Waals surface area contributed by atoms with E-state index in [-0.39, 0.29) is 17.7 Å². The fourth-order valence-corrected chi connectivity index (χ4v) is 3.00. The lowest BCUT2D eigenvalue weighted by atomic mass is 9.90. The normalized spacial score (nSPS) is 16.7. The Morgan fingerprint density at radius 2 is 1.75 bits per heavy atom. The fourth-order valence-electron chi connectivity index (χ4n) is 3.00. The monoisotopic (exact) mass is 450 g/mol. The molecule has 1 atom stereocenters. The van der Waals surface area contributed by atoms with Gasteiger partial charge in [-0.25, -0.2) is 0 Å². The van der Waals surface area contributed by atoms with Crippen molar-refractivity contribution in [2.75, 3.05) is 59.3 Å². The van der Waals surface area contributed by atoms with Crippen molar-refractivity contribution in [1.29, 1.82) is 0 Å². The first-order valence-corrected chi connectivity index (χ1v) is 10.8. The summed E-state index contributed by atoms with van der Waals surface area (Å²) in [7, 11) is 0. The highest BCUT2D eigenvalue weighted by Crippen LogP contribution is 2.26. The maximum atomic E-state index is 11.9. The zero-order chi connectivity index (χ0) is 23.0. The number of carbonyl (C=O) groups excluding carboxylic acids is 2. The number of nitrogens with two attached hydrogens (primary N) is 2. The number of amides is 2. The van der Waals surface area contributed by atoms with Crippen molar-refractivity contribution in [3.8, 4) is 5.75 Å². The van der Waals surface area contributed by atoms with E-state index in [9.17, 15) is 9.59 Å². The van der Waals surface area contributed by atoms with Crippen LogP contribution in [0.2, 0.25) is 0 Å². The van der Waals surface area contributed by atoms with Gasteiger partial charge in [-0.3, -0.25) is 14.9 Å². The Kier molecular flexibility index (Phi) is 12.2. The van der Waals surface area contributed by atoms with Gasteiger partial charge in [0.15, 0.2) is 0 Å². The Balaban J connectivity index is 1.46. The minimum Gasteiger partial charge on any atom is -0.491 e. The van der Waals surface area contributed by atoms with Crippen LogP contribution in [-0.4, -0.2) is 71.2 Å². The van der Waals surface area contributed by atoms with E-state index in [2.05, 4.69) is 10.6 Å². The second-order valence-electron chi connectivity index (χ2n) is 7.16. The summed E-state index contributed by atoms with van der Waals surface area (Å²) in [4.78, 5) is 23.2. The predicted molar refractivity (Wildman–Crippen MR) is 119 cm³/mol. The molecule has 1 unspecified atom stereocenters. The number of rotatable bonds is 16. The molecular weight excluding hydrogens is 416 g/mol. The molecule has 0 aliphatic carbocycles. The van der Waals surface area contributed by atoms with Crippen molar-refractivity contribution >= 4 is 11.8 Å². The van der Waals surface area contributed by atoms with Crippen LogP contribution in [0.25, 0.3) is 0 Å². The van der Waals surface area contributed by atoms with E-state index in [1.807, 2.05) is 24.3 Å². The van der Waals surface area contributed by atoms with Crippen LogP contribution in [0.5, 0.6) is 5.75 Å². The Hall–Kier alpha value is -2.66. The molecular formula is C22H34N4O6. The van der Waals surface area contributed by atoms with Gasteiger partial charge in [-0.05, 0) is 24.1 Å². The lowest BCUT2D eigenvalue weighted by Crippen LogP contribution is -2.39. The summed E-state index contributed by atoms with van der Waals surface area (Å²) in [5.74, 6) is -0.0394. The molecule has 0 bridgehead atoms. The molecule has 1 fully saturated rings. The average molecular weight is 451 g/mol. The molecule has 32 heavy (non-hydrogen) atoms. The average Bonchev–Trinajstić information content (AvgIpc) is 2.78. The molecule has 10 heteroatoms. The molecule has 0 saturated carbocycles. The largest absolute Gasteiger partial charge is 0.491 e.